The van der Waals surface area contributed by atoms with Gasteiger partial charge < -0.3 is 0 Å². The van der Waals surface area contributed by atoms with Crippen molar-refractivity contribution in [1.29, 1.82) is 0 Å². The Morgan fingerprint density at radius 2 is 2.00 bits per heavy atom. The van der Waals surface area contributed by atoms with E-state index in [1.807, 2.05) is 0 Å². The Labute approximate surface area is 109 Å². The van der Waals surface area contributed by atoms with Gasteiger partial charge in [-0.2, -0.15) is 8.42 Å². The summed E-state index contributed by atoms with van der Waals surface area (Å²) in [5, 5.41) is 0.781. The maximum atomic E-state index is 11.0. The van der Waals surface area contributed by atoms with Crippen molar-refractivity contribution in [2.75, 3.05) is 12.1 Å². The van der Waals surface area contributed by atoms with Gasteiger partial charge in [0.05, 0.1) is 12.1 Å². The zero-order chi connectivity index (χ0) is 12.3. The van der Waals surface area contributed by atoms with E-state index < -0.39 is 16.2 Å². The van der Waals surface area contributed by atoms with Gasteiger partial charge in [-0.15, -0.1) is 11.6 Å². The van der Waals surface area contributed by atoms with Crippen LogP contribution in [0.5, 0.6) is 0 Å². The maximum absolute atomic E-state index is 11.0. The van der Waals surface area contributed by atoms with Crippen molar-refractivity contribution < 1.29 is 12.6 Å². The van der Waals surface area contributed by atoms with Crippen LogP contribution in [0.2, 0.25) is 10.0 Å². The Morgan fingerprint density at radius 1 is 1.38 bits per heavy atom. The number of rotatable bonds is 4. The molecule has 0 spiro atoms. The lowest BCUT2D eigenvalue weighted by Gasteiger charge is -2.15. The summed E-state index contributed by atoms with van der Waals surface area (Å²) in [4.78, 5) is 0. The van der Waals surface area contributed by atoms with E-state index >= 15 is 0 Å². The highest BCUT2D eigenvalue weighted by Gasteiger charge is 2.19. The third kappa shape index (κ3) is 4.11. The zero-order valence-corrected chi connectivity index (χ0v) is 11.4. The molecule has 16 heavy (non-hydrogen) atoms. The number of alkyl halides is 1. The molecule has 0 heterocycles. The van der Waals surface area contributed by atoms with Gasteiger partial charge in [-0.05, 0) is 12.1 Å². The highest BCUT2D eigenvalue weighted by molar-refractivity contribution is 7.86. The average molecular weight is 304 g/mol. The van der Waals surface area contributed by atoms with E-state index in [-0.39, 0.29) is 5.88 Å². The molecular formula is C9H9Cl3O3S. The molecule has 0 aromatic heterocycles. The molecule has 0 aliphatic rings. The third-order valence-corrected chi connectivity index (χ3v) is 3.17. The Kier molecular flexibility index (Phi) is 4.88. The van der Waals surface area contributed by atoms with Crippen molar-refractivity contribution >= 4 is 44.9 Å². The summed E-state index contributed by atoms with van der Waals surface area (Å²) >= 11 is 17.3. The minimum Gasteiger partial charge on any atom is -0.261 e. The number of hydrogen-bond donors (Lipinski definition) is 0. The van der Waals surface area contributed by atoms with Gasteiger partial charge in [0.15, 0.2) is 0 Å². The fourth-order valence-electron chi connectivity index (χ4n) is 1.13. The van der Waals surface area contributed by atoms with Crippen LogP contribution in [-0.2, 0) is 14.3 Å². The monoisotopic (exact) mass is 302 g/mol. The molecule has 0 radical (unpaired) electrons. The normalized spacial score (nSPS) is 13.8. The Balaban J connectivity index is 3.04. The minimum absolute atomic E-state index is 0.0194. The molecule has 0 saturated heterocycles. The highest BCUT2D eigenvalue weighted by atomic mass is 35.5. The summed E-state index contributed by atoms with van der Waals surface area (Å²) in [6, 6.07) is 4.68. The van der Waals surface area contributed by atoms with Crippen molar-refractivity contribution in [1.82, 2.24) is 0 Å². The Hall–Kier alpha value is -0.000000000000000111. The second-order valence-corrected chi connectivity index (χ2v) is 5.86. The van der Waals surface area contributed by atoms with E-state index in [0.29, 0.717) is 15.6 Å². The van der Waals surface area contributed by atoms with Crippen molar-refractivity contribution in [2.45, 2.75) is 6.10 Å². The van der Waals surface area contributed by atoms with Gasteiger partial charge in [-0.1, -0.05) is 29.3 Å². The highest BCUT2D eigenvalue weighted by Crippen LogP contribution is 2.30. The van der Waals surface area contributed by atoms with E-state index in [1.165, 1.54) is 6.07 Å². The van der Waals surface area contributed by atoms with Crippen LogP contribution in [0.3, 0.4) is 0 Å². The molecule has 3 nitrogen and oxygen atoms in total. The fraction of sp³-hybridized carbons (Fsp3) is 0.333. The first-order chi connectivity index (χ1) is 7.33. The molecule has 0 aliphatic heterocycles. The molecule has 7 heteroatoms. The smallest absolute Gasteiger partial charge is 0.261 e. The first-order valence-electron chi connectivity index (χ1n) is 4.22. The predicted molar refractivity (Wildman–Crippen MR) is 65.9 cm³/mol. The van der Waals surface area contributed by atoms with E-state index in [4.69, 9.17) is 39.0 Å². The van der Waals surface area contributed by atoms with Gasteiger partial charge in [-0.25, -0.2) is 0 Å². The van der Waals surface area contributed by atoms with Crippen LogP contribution in [0.25, 0.3) is 0 Å². The lowest BCUT2D eigenvalue weighted by molar-refractivity contribution is 0.240. The first-order valence-corrected chi connectivity index (χ1v) is 7.33. The van der Waals surface area contributed by atoms with Crippen LogP contribution in [0.15, 0.2) is 18.2 Å². The van der Waals surface area contributed by atoms with Crippen molar-refractivity contribution in [3.05, 3.63) is 33.8 Å². The predicted octanol–water partition coefficient (Wildman–Crippen LogP) is 3.25. The van der Waals surface area contributed by atoms with E-state index in [1.54, 1.807) is 12.1 Å². The Bertz CT molecular complexity index is 473. The van der Waals surface area contributed by atoms with Crippen molar-refractivity contribution in [3.8, 4) is 0 Å². The summed E-state index contributed by atoms with van der Waals surface area (Å²) in [6.45, 7) is 0. The third-order valence-electron chi connectivity index (χ3n) is 1.74. The summed E-state index contributed by atoms with van der Waals surface area (Å²) < 4.78 is 26.8. The fourth-order valence-corrected chi connectivity index (χ4v) is 2.56. The van der Waals surface area contributed by atoms with Crippen LogP contribution >= 0.6 is 34.8 Å². The largest absolute Gasteiger partial charge is 0.265 e. The molecule has 1 atom stereocenters. The molecule has 90 valence electrons. The number of halogens is 3. The molecular weight excluding hydrogens is 295 g/mol. The minimum atomic E-state index is -3.59. The van der Waals surface area contributed by atoms with Gasteiger partial charge in [0.25, 0.3) is 10.1 Å². The van der Waals surface area contributed by atoms with Crippen LogP contribution < -0.4 is 0 Å². The SMILES string of the molecule is CS(=O)(=O)O[C@@H](CCl)c1ccc(Cl)cc1Cl. The molecule has 0 bridgehead atoms. The maximum Gasteiger partial charge on any atom is 0.265 e. The van der Waals surface area contributed by atoms with Crippen molar-refractivity contribution in [3.63, 3.8) is 0 Å². The van der Waals surface area contributed by atoms with Crippen LogP contribution in [0, 0.1) is 0 Å². The summed E-state index contributed by atoms with van der Waals surface area (Å²) in [7, 11) is -3.59. The lowest BCUT2D eigenvalue weighted by Crippen LogP contribution is -2.12. The lowest BCUT2D eigenvalue weighted by atomic mass is 10.1. The Morgan fingerprint density at radius 3 is 2.44 bits per heavy atom. The molecule has 1 aromatic rings. The van der Waals surface area contributed by atoms with Gasteiger partial charge in [-0.3, -0.25) is 4.18 Å². The summed E-state index contributed by atoms with van der Waals surface area (Å²) in [6.07, 6.45) is 0.151. The second kappa shape index (κ2) is 5.56. The van der Waals surface area contributed by atoms with Gasteiger partial charge in [0, 0.05) is 15.6 Å². The van der Waals surface area contributed by atoms with E-state index in [9.17, 15) is 8.42 Å². The topological polar surface area (TPSA) is 43.4 Å². The quantitative estimate of drug-likeness (QED) is 0.633. The van der Waals surface area contributed by atoms with Crippen LogP contribution in [0.4, 0.5) is 0 Å². The molecule has 1 rings (SSSR count). The van der Waals surface area contributed by atoms with Gasteiger partial charge in [0.1, 0.15) is 6.10 Å². The summed E-state index contributed by atoms with van der Waals surface area (Å²) in [5.41, 5.74) is 0.492. The van der Waals surface area contributed by atoms with E-state index in [0.717, 1.165) is 6.26 Å². The zero-order valence-electron chi connectivity index (χ0n) is 8.28. The molecule has 0 N–H and O–H groups in total. The van der Waals surface area contributed by atoms with Crippen molar-refractivity contribution in [2.24, 2.45) is 0 Å². The number of hydrogen-bond acceptors (Lipinski definition) is 3. The molecule has 0 aliphatic carbocycles. The van der Waals surface area contributed by atoms with E-state index in [2.05, 4.69) is 0 Å². The van der Waals surface area contributed by atoms with Crippen LogP contribution in [0.1, 0.15) is 11.7 Å². The standard InChI is InChI=1S/C9H9Cl3O3S/c1-16(13,14)15-9(5-10)7-3-2-6(11)4-8(7)12/h2-4,9H,5H2,1H3/t9-/m0/s1. The van der Waals surface area contributed by atoms with Gasteiger partial charge in [0.2, 0.25) is 0 Å². The second-order valence-electron chi connectivity index (χ2n) is 3.11. The first kappa shape index (κ1) is 14.1. The van der Waals surface area contributed by atoms with Gasteiger partial charge >= 0.3 is 0 Å². The number of benzene rings is 1. The molecule has 0 fully saturated rings. The molecule has 1 aromatic carbocycles. The average Bonchev–Trinajstić information content (AvgIpc) is 2.13. The molecule has 0 amide bonds. The summed E-state index contributed by atoms with van der Waals surface area (Å²) in [5.74, 6) is -0.0194. The molecule has 0 unspecified atom stereocenters. The van der Waals surface area contributed by atoms with Crippen LogP contribution in [-0.4, -0.2) is 20.6 Å². The molecule has 0 saturated carbocycles.